The molecule has 0 fully saturated rings. The van der Waals surface area contributed by atoms with Gasteiger partial charge < -0.3 is 19.5 Å². The normalized spacial score (nSPS) is 11.0. The summed E-state index contributed by atoms with van der Waals surface area (Å²) in [5.41, 5.74) is 1.12. The van der Waals surface area contributed by atoms with Gasteiger partial charge in [-0.15, -0.1) is 0 Å². The zero-order valence-electron chi connectivity index (χ0n) is 12.7. The molecule has 0 spiro atoms. The predicted octanol–water partition coefficient (Wildman–Crippen LogP) is 1.87. The fourth-order valence-corrected chi connectivity index (χ4v) is 1.64. The molecule has 0 radical (unpaired) electrons. The average Bonchev–Trinajstić information content (AvgIpc) is 2.44. The number of aromatic nitrogens is 1. The molecule has 1 rings (SSSR count). The first-order valence-corrected chi connectivity index (χ1v) is 7.07. The Kier molecular flexibility index (Phi) is 8.95. The maximum atomic E-state index is 5.71. The van der Waals surface area contributed by atoms with Gasteiger partial charge >= 0.3 is 0 Å². The van der Waals surface area contributed by atoms with Crippen LogP contribution in [-0.2, 0) is 16.0 Å². The van der Waals surface area contributed by atoms with Crippen LogP contribution in [-0.4, -0.2) is 45.1 Å². The second kappa shape index (κ2) is 10.6. The molecule has 5 heteroatoms. The summed E-state index contributed by atoms with van der Waals surface area (Å²) in [4.78, 5) is 4.10. The first-order chi connectivity index (χ1) is 9.74. The minimum Gasteiger partial charge on any atom is -0.489 e. The van der Waals surface area contributed by atoms with Crippen LogP contribution in [0.15, 0.2) is 18.5 Å². The van der Waals surface area contributed by atoms with Crippen molar-refractivity contribution in [2.24, 2.45) is 5.92 Å². The van der Waals surface area contributed by atoms with Gasteiger partial charge in [-0.25, -0.2) is 0 Å². The fourth-order valence-electron chi connectivity index (χ4n) is 1.64. The van der Waals surface area contributed by atoms with Gasteiger partial charge in [0.15, 0.2) is 0 Å². The summed E-state index contributed by atoms with van der Waals surface area (Å²) >= 11 is 0. The Balaban J connectivity index is 2.29. The van der Waals surface area contributed by atoms with Crippen LogP contribution < -0.4 is 10.1 Å². The highest BCUT2D eigenvalue weighted by molar-refractivity contribution is 5.29. The highest BCUT2D eigenvalue weighted by Crippen LogP contribution is 2.16. The smallest absolute Gasteiger partial charge is 0.142 e. The number of nitrogens with one attached hydrogen (secondary N) is 1. The molecule has 114 valence electrons. The van der Waals surface area contributed by atoms with E-state index in [0.717, 1.165) is 24.4 Å². The second-order valence-electron chi connectivity index (χ2n) is 4.96. The summed E-state index contributed by atoms with van der Waals surface area (Å²) in [6, 6.07) is 1.98. The van der Waals surface area contributed by atoms with Crippen molar-refractivity contribution in [3.8, 4) is 5.75 Å². The van der Waals surface area contributed by atoms with Crippen LogP contribution in [0.1, 0.15) is 19.4 Å². The van der Waals surface area contributed by atoms with E-state index in [-0.39, 0.29) is 0 Å². The molecule has 1 aromatic rings. The Morgan fingerprint density at radius 2 is 2.00 bits per heavy atom. The van der Waals surface area contributed by atoms with Crippen molar-refractivity contribution in [3.05, 3.63) is 24.0 Å². The third-order valence-corrected chi connectivity index (χ3v) is 2.66. The molecule has 0 bridgehead atoms. The van der Waals surface area contributed by atoms with Crippen LogP contribution >= 0.6 is 0 Å². The molecule has 0 saturated heterocycles. The number of pyridine rings is 1. The Morgan fingerprint density at radius 3 is 2.75 bits per heavy atom. The van der Waals surface area contributed by atoms with Crippen LogP contribution in [0.2, 0.25) is 0 Å². The topological polar surface area (TPSA) is 52.6 Å². The molecule has 0 unspecified atom stereocenters. The first kappa shape index (κ1) is 16.9. The zero-order chi connectivity index (χ0) is 14.6. The van der Waals surface area contributed by atoms with E-state index in [2.05, 4.69) is 24.1 Å². The van der Waals surface area contributed by atoms with Gasteiger partial charge in [-0.05, 0) is 18.5 Å². The van der Waals surface area contributed by atoms with Crippen LogP contribution in [0.3, 0.4) is 0 Å². The molecule has 0 saturated carbocycles. The minimum atomic E-state index is 0.520. The molecule has 0 aliphatic carbocycles. The van der Waals surface area contributed by atoms with E-state index in [9.17, 15) is 0 Å². The van der Waals surface area contributed by atoms with E-state index in [1.165, 1.54) is 0 Å². The number of methoxy groups -OCH3 is 1. The molecule has 0 aliphatic rings. The van der Waals surface area contributed by atoms with Gasteiger partial charge in [0.2, 0.25) is 0 Å². The van der Waals surface area contributed by atoms with E-state index in [1.54, 1.807) is 19.5 Å². The molecule has 0 aliphatic heterocycles. The Hall–Kier alpha value is -1.17. The van der Waals surface area contributed by atoms with Gasteiger partial charge in [-0.1, -0.05) is 13.8 Å². The maximum absolute atomic E-state index is 5.71. The fraction of sp³-hybridized carbons (Fsp3) is 0.667. The molecule has 1 N–H and O–H groups in total. The minimum absolute atomic E-state index is 0.520. The van der Waals surface area contributed by atoms with Crippen LogP contribution in [0, 0.1) is 5.92 Å². The monoisotopic (exact) mass is 282 g/mol. The summed E-state index contributed by atoms with van der Waals surface area (Å²) in [6.45, 7) is 8.43. The van der Waals surface area contributed by atoms with Crippen molar-refractivity contribution >= 4 is 0 Å². The first-order valence-electron chi connectivity index (χ1n) is 7.07. The zero-order valence-corrected chi connectivity index (χ0v) is 12.7. The number of hydrogen-bond donors (Lipinski definition) is 1. The summed E-state index contributed by atoms with van der Waals surface area (Å²) in [5, 5.41) is 3.40. The molecule has 0 amide bonds. The van der Waals surface area contributed by atoms with Gasteiger partial charge in [0.05, 0.1) is 26.0 Å². The van der Waals surface area contributed by atoms with Crippen molar-refractivity contribution in [1.82, 2.24) is 10.3 Å². The molecule has 20 heavy (non-hydrogen) atoms. The number of ether oxygens (including phenoxy) is 3. The lowest BCUT2D eigenvalue weighted by atomic mass is 10.2. The van der Waals surface area contributed by atoms with E-state index in [4.69, 9.17) is 14.2 Å². The summed E-state index contributed by atoms with van der Waals surface area (Å²) in [7, 11) is 1.66. The highest BCUT2D eigenvalue weighted by atomic mass is 16.5. The lowest BCUT2D eigenvalue weighted by Crippen LogP contribution is -2.19. The average molecular weight is 282 g/mol. The Morgan fingerprint density at radius 1 is 1.20 bits per heavy atom. The maximum Gasteiger partial charge on any atom is 0.142 e. The molecule has 0 aromatic carbocycles. The van der Waals surface area contributed by atoms with E-state index < -0.39 is 0 Å². The molecule has 1 heterocycles. The molecular formula is C15H26N2O3. The molecule has 0 atom stereocenters. The van der Waals surface area contributed by atoms with Gasteiger partial charge in [0.25, 0.3) is 0 Å². The van der Waals surface area contributed by atoms with E-state index in [1.807, 2.05) is 6.07 Å². The molecule has 5 nitrogen and oxygen atoms in total. The highest BCUT2D eigenvalue weighted by Gasteiger charge is 2.04. The standard InChI is InChI=1S/C15H26N2O3/c1-13(2)10-17-11-14-4-5-16-12-15(14)20-9-8-19-7-6-18-3/h4-5,12-13,17H,6-11H2,1-3H3. The Labute approximate surface area is 121 Å². The number of nitrogens with zero attached hydrogens (tertiary/aromatic N) is 1. The number of rotatable bonds is 11. The summed E-state index contributed by atoms with van der Waals surface area (Å²) < 4.78 is 16.0. The van der Waals surface area contributed by atoms with Gasteiger partial charge in [-0.3, -0.25) is 4.98 Å². The van der Waals surface area contributed by atoms with E-state index in [0.29, 0.717) is 32.3 Å². The quantitative estimate of drug-likeness (QED) is 0.628. The van der Waals surface area contributed by atoms with Crippen molar-refractivity contribution in [2.75, 3.05) is 40.1 Å². The van der Waals surface area contributed by atoms with Gasteiger partial charge in [0.1, 0.15) is 12.4 Å². The third kappa shape index (κ3) is 7.43. The van der Waals surface area contributed by atoms with Crippen LogP contribution in [0.25, 0.3) is 0 Å². The molecular weight excluding hydrogens is 256 g/mol. The van der Waals surface area contributed by atoms with E-state index >= 15 is 0 Å². The second-order valence-corrected chi connectivity index (χ2v) is 4.96. The van der Waals surface area contributed by atoms with Crippen LogP contribution in [0.5, 0.6) is 5.75 Å². The summed E-state index contributed by atoms with van der Waals surface area (Å²) in [6.07, 6.45) is 3.54. The molecule has 1 aromatic heterocycles. The third-order valence-electron chi connectivity index (χ3n) is 2.66. The predicted molar refractivity (Wildman–Crippen MR) is 79.0 cm³/mol. The lowest BCUT2D eigenvalue weighted by Gasteiger charge is -2.12. The largest absolute Gasteiger partial charge is 0.489 e. The van der Waals surface area contributed by atoms with Crippen molar-refractivity contribution in [3.63, 3.8) is 0 Å². The lowest BCUT2D eigenvalue weighted by molar-refractivity contribution is 0.0542. The van der Waals surface area contributed by atoms with Crippen molar-refractivity contribution in [2.45, 2.75) is 20.4 Å². The Bertz CT molecular complexity index is 359. The summed E-state index contributed by atoms with van der Waals surface area (Å²) in [5.74, 6) is 1.45. The SMILES string of the molecule is COCCOCCOc1cnccc1CNCC(C)C. The number of hydrogen-bond acceptors (Lipinski definition) is 5. The van der Waals surface area contributed by atoms with Crippen LogP contribution in [0.4, 0.5) is 0 Å². The van der Waals surface area contributed by atoms with Crippen molar-refractivity contribution in [1.29, 1.82) is 0 Å². The van der Waals surface area contributed by atoms with Crippen molar-refractivity contribution < 1.29 is 14.2 Å². The van der Waals surface area contributed by atoms with Gasteiger partial charge in [-0.2, -0.15) is 0 Å². The van der Waals surface area contributed by atoms with Gasteiger partial charge in [0, 0.05) is 25.4 Å².